The Morgan fingerprint density at radius 2 is 1.58 bits per heavy atom. The van der Waals surface area contributed by atoms with E-state index < -0.39 is 0 Å². The summed E-state index contributed by atoms with van der Waals surface area (Å²) in [6, 6.07) is 1.80. The molecule has 0 atom stereocenters. The van der Waals surface area contributed by atoms with E-state index in [1.165, 1.54) is 19.4 Å². The summed E-state index contributed by atoms with van der Waals surface area (Å²) in [5.74, 6) is 0. The SMILES string of the molecule is C=C(C(C)=S)C(C)(C)C.CC.CCCN(CC)CCCCN(C)c1cc(=S)c1=O.[CH3-].[K+]. The van der Waals surface area contributed by atoms with Gasteiger partial charge in [0, 0.05) is 18.5 Å². The maximum Gasteiger partial charge on any atom is 1.00 e. The van der Waals surface area contributed by atoms with Gasteiger partial charge in [-0.05, 0) is 62.9 Å². The van der Waals surface area contributed by atoms with Crippen molar-refractivity contribution in [3.63, 3.8) is 0 Å². The van der Waals surface area contributed by atoms with Crippen molar-refractivity contribution in [2.45, 2.75) is 74.7 Å². The van der Waals surface area contributed by atoms with Crippen LogP contribution in [0, 0.1) is 17.4 Å². The van der Waals surface area contributed by atoms with Gasteiger partial charge >= 0.3 is 51.4 Å². The first-order valence-electron chi connectivity index (χ1n) is 10.9. The molecule has 0 saturated carbocycles. The van der Waals surface area contributed by atoms with E-state index in [1.54, 1.807) is 6.07 Å². The zero-order valence-corrected chi connectivity index (χ0v) is 27.1. The maximum atomic E-state index is 11.4. The van der Waals surface area contributed by atoms with Gasteiger partial charge in [0.1, 0.15) is 0 Å². The van der Waals surface area contributed by atoms with Gasteiger partial charge in [-0.15, -0.1) is 0 Å². The smallest absolute Gasteiger partial charge is 0.371 e. The molecule has 0 aliphatic heterocycles. The molecule has 1 rings (SSSR count). The van der Waals surface area contributed by atoms with E-state index in [0.29, 0.717) is 4.51 Å². The van der Waals surface area contributed by atoms with Crippen molar-refractivity contribution in [2.75, 3.05) is 38.1 Å². The quantitative estimate of drug-likeness (QED) is 0.160. The fourth-order valence-electron chi connectivity index (χ4n) is 2.66. The molecule has 0 heterocycles. The third-order valence-corrected chi connectivity index (χ3v) is 5.22. The van der Waals surface area contributed by atoms with Gasteiger partial charge in [0.05, 0.1) is 10.2 Å². The summed E-state index contributed by atoms with van der Waals surface area (Å²) < 4.78 is 0.469. The number of hydrogen-bond acceptors (Lipinski definition) is 5. The zero-order chi connectivity index (χ0) is 23.2. The second-order valence-corrected chi connectivity index (χ2v) is 9.12. The Balaban J connectivity index is -0.000000241. The molecule has 1 aromatic carbocycles. The van der Waals surface area contributed by atoms with Crippen molar-refractivity contribution in [1.82, 2.24) is 4.90 Å². The van der Waals surface area contributed by atoms with Crippen LogP contribution in [0.25, 0.3) is 0 Å². The van der Waals surface area contributed by atoms with Crippen LogP contribution >= 0.6 is 24.4 Å². The Labute approximate surface area is 247 Å². The molecule has 0 aromatic heterocycles. The monoisotopic (exact) mass is 494 g/mol. The Morgan fingerprint density at radius 1 is 1.10 bits per heavy atom. The van der Waals surface area contributed by atoms with Gasteiger partial charge in [0.15, 0.2) is 0 Å². The first-order valence-corrected chi connectivity index (χ1v) is 11.7. The molecule has 0 amide bonds. The van der Waals surface area contributed by atoms with Crippen LogP contribution in [-0.4, -0.2) is 43.0 Å². The van der Waals surface area contributed by atoms with Gasteiger partial charge in [-0.1, -0.05) is 79.5 Å². The Hall–Kier alpha value is 0.726. The predicted molar refractivity (Wildman–Crippen MR) is 145 cm³/mol. The Bertz CT molecular complexity index is 674. The van der Waals surface area contributed by atoms with Crippen LogP contribution in [0.4, 0.5) is 5.69 Å². The van der Waals surface area contributed by atoms with E-state index >= 15 is 0 Å². The standard InChI is InChI=1S/C14H24N2OS.C8H14S.C2H6.CH3.K/c1-4-8-16(5-2)10-7-6-9-15(3)12-11-13(18)14(12)17;1-6(7(2)9)8(3,4)5;1-2;;/h11H,4-10H2,1-3H3;1H2,2-5H3;1-2H3;1H3;/q;;;-1;+1. The normalized spacial score (nSPS) is 10.0. The molecular weight excluding hydrogens is 448 g/mol. The second kappa shape index (κ2) is 21.3. The van der Waals surface area contributed by atoms with E-state index in [2.05, 4.69) is 46.1 Å². The molecule has 0 fully saturated rings. The largest absolute Gasteiger partial charge is 1.00 e. The number of unbranched alkanes of at least 4 members (excludes halogenated alkanes) is 1. The van der Waals surface area contributed by atoms with Crippen LogP contribution in [0.3, 0.4) is 0 Å². The Kier molecular flexibility index (Phi) is 26.7. The molecule has 0 spiro atoms. The minimum absolute atomic E-state index is 0. The average molecular weight is 495 g/mol. The summed E-state index contributed by atoms with van der Waals surface area (Å²) in [6.07, 6.45) is 3.52. The summed E-state index contributed by atoms with van der Waals surface area (Å²) in [4.78, 5) is 16.8. The van der Waals surface area contributed by atoms with Gasteiger partial charge in [-0.3, -0.25) is 4.79 Å². The fourth-order valence-corrected chi connectivity index (χ4v) is 3.19. The van der Waals surface area contributed by atoms with E-state index in [4.69, 9.17) is 24.4 Å². The first-order chi connectivity index (χ1) is 13.4. The van der Waals surface area contributed by atoms with Crippen molar-refractivity contribution in [3.8, 4) is 0 Å². The molecular formula is C25H47KN2OS2. The molecule has 176 valence electrons. The number of hydrogen-bond donors (Lipinski definition) is 0. The summed E-state index contributed by atoms with van der Waals surface area (Å²) in [6.45, 7) is 25.0. The summed E-state index contributed by atoms with van der Waals surface area (Å²) in [5.41, 5.74) is 2.03. The minimum atomic E-state index is 0. The molecule has 0 radical (unpaired) electrons. The number of thiocarbonyl (C=S) groups is 1. The zero-order valence-electron chi connectivity index (χ0n) is 22.4. The van der Waals surface area contributed by atoms with Crippen LogP contribution < -0.4 is 61.7 Å². The fraction of sp³-hybridized carbons (Fsp3) is 0.680. The molecule has 0 N–H and O–H groups in total. The predicted octanol–water partition coefficient (Wildman–Crippen LogP) is 4.06. The van der Waals surface area contributed by atoms with Gasteiger partial charge in [-0.2, -0.15) is 0 Å². The van der Waals surface area contributed by atoms with Gasteiger partial charge in [-0.25, -0.2) is 0 Å². The minimum Gasteiger partial charge on any atom is -0.371 e. The molecule has 1 aromatic rings. The summed E-state index contributed by atoms with van der Waals surface area (Å²) in [7, 11) is 1.97. The second-order valence-electron chi connectivity index (χ2n) is 8.07. The first kappa shape index (κ1) is 39.0. The summed E-state index contributed by atoms with van der Waals surface area (Å²) >= 11 is 9.82. The van der Waals surface area contributed by atoms with Crippen LogP contribution in [0.5, 0.6) is 0 Å². The number of anilines is 1. The molecule has 31 heavy (non-hydrogen) atoms. The maximum absolute atomic E-state index is 11.4. The third-order valence-electron chi connectivity index (χ3n) is 4.67. The molecule has 0 aliphatic carbocycles. The van der Waals surface area contributed by atoms with E-state index in [9.17, 15) is 4.79 Å². The summed E-state index contributed by atoms with van der Waals surface area (Å²) in [5, 5.41) is 0. The van der Waals surface area contributed by atoms with E-state index in [1.807, 2.05) is 32.7 Å². The molecule has 0 bridgehead atoms. The van der Waals surface area contributed by atoms with Crippen LogP contribution in [0.1, 0.15) is 74.7 Å². The van der Waals surface area contributed by atoms with Crippen molar-refractivity contribution in [1.29, 1.82) is 0 Å². The van der Waals surface area contributed by atoms with Gasteiger partial charge < -0.3 is 17.2 Å². The van der Waals surface area contributed by atoms with Crippen molar-refractivity contribution >= 4 is 35.0 Å². The van der Waals surface area contributed by atoms with E-state index in [-0.39, 0.29) is 69.7 Å². The van der Waals surface area contributed by atoms with Gasteiger partial charge in [0.2, 0.25) is 5.43 Å². The third kappa shape index (κ3) is 16.9. The molecule has 0 saturated heterocycles. The number of nitrogens with zero attached hydrogens (tertiary/aromatic N) is 2. The van der Waals surface area contributed by atoms with Crippen LogP contribution in [0.2, 0.25) is 0 Å². The molecule has 6 heteroatoms. The Morgan fingerprint density at radius 3 is 1.87 bits per heavy atom. The average Bonchev–Trinajstić information content (AvgIpc) is 2.68. The number of allylic oxidation sites excluding steroid dienone is 1. The van der Waals surface area contributed by atoms with Crippen molar-refractivity contribution < 1.29 is 51.4 Å². The topological polar surface area (TPSA) is 23.6 Å². The molecule has 0 aliphatic rings. The van der Waals surface area contributed by atoms with E-state index in [0.717, 1.165) is 42.2 Å². The van der Waals surface area contributed by atoms with Crippen molar-refractivity contribution in [3.05, 3.63) is 40.4 Å². The van der Waals surface area contributed by atoms with Crippen LogP contribution in [0.15, 0.2) is 23.0 Å². The van der Waals surface area contributed by atoms with Gasteiger partial charge in [0.25, 0.3) is 0 Å². The number of rotatable bonds is 10. The molecule has 3 nitrogen and oxygen atoms in total. The van der Waals surface area contributed by atoms with Crippen molar-refractivity contribution in [2.24, 2.45) is 5.41 Å². The van der Waals surface area contributed by atoms with Crippen LogP contribution in [-0.2, 0) is 0 Å². The molecule has 0 unspecified atom stereocenters.